The molecule has 0 aliphatic carbocycles. The van der Waals surface area contributed by atoms with Crippen LogP contribution in [-0.4, -0.2) is 23.1 Å². The van der Waals surface area contributed by atoms with Crippen molar-refractivity contribution in [2.24, 2.45) is 11.8 Å². The molecule has 0 amide bonds. The second-order valence-electron chi connectivity index (χ2n) is 5.10. The Kier molecular flexibility index (Phi) is 8.91. The maximum atomic E-state index is 11.5. The summed E-state index contributed by atoms with van der Waals surface area (Å²) in [5.41, 5.74) is 0. The van der Waals surface area contributed by atoms with Crippen LogP contribution in [0.5, 0.6) is 0 Å². The summed E-state index contributed by atoms with van der Waals surface area (Å²) in [7, 11) is 0. The summed E-state index contributed by atoms with van der Waals surface area (Å²) in [5.74, 6) is -0.506. The third-order valence-electron chi connectivity index (χ3n) is 2.49. The van der Waals surface area contributed by atoms with Crippen LogP contribution >= 0.6 is 0 Å². The minimum absolute atomic E-state index is 0.0224. The number of hydrogen-bond acceptors (Lipinski definition) is 4. The molecule has 5 heteroatoms. The van der Waals surface area contributed by atoms with Gasteiger partial charge in [-0.3, -0.25) is 0 Å². The standard InChI is InChI=1S/2C7H11O2.Ru/c2*1-5(2)7(9)4-6(3)8;/h2*5H,3-4H2,1-2H3;. The molecule has 19 heavy (non-hydrogen) atoms. The first-order valence-electron chi connectivity index (χ1n) is 6.32. The van der Waals surface area contributed by atoms with Gasteiger partial charge >= 0.3 is 122 Å². The molecule has 0 bridgehead atoms. The molecule has 0 aliphatic heterocycles. The zero-order valence-electron chi connectivity index (χ0n) is 12.0. The first-order valence-corrected chi connectivity index (χ1v) is 8.78. The quantitative estimate of drug-likeness (QED) is 0.445. The van der Waals surface area contributed by atoms with Crippen molar-refractivity contribution in [3.05, 3.63) is 0 Å². The number of carbonyl (C=O) groups is 4. The molecule has 4 nitrogen and oxygen atoms in total. The van der Waals surface area contributed by atoms with Gasteiger partial charge in [0.15, 0.2) is 0 Å². The predicted molar refractivity (Wildman–Crippen MR) is 68.6 cm³/mol. The number of carbonyl (C=O) groups excluding carboxylic acids is 4. The molecular formula is C14H22O4Ru. The van der Waals surface area contributed by atoms with Gasteiger partial charge < -0.3 is 0 Å². The number of rotatable bonds is 10. The van der Waals surface area contributed by atoms with E-state index in [1.165, 1.54) is 0 Å². The molecule has 0 N–H and O–H groups in total. The van der Waals surface area contributed by atoms with E-state index in [0.29, 0.717) is 10.0 Å². The van der Waals surface area contributed by atoms with Crippen molar-refractivity contribution in [3.63, 3.8) is 0 Å². The van der Waals surface area contributed by atoms with Crippen molar-refractivity contribution in [1.82, 2.24) is 0 Å². The fourth-order valence-electron chi connectivity index (χ4n) is 1.13. The Labute approximate surface area is 122 Å². The van der Waals surface area contributed by atoms with Crippen LogP contribution in [0, 0.1) is 11.8 Å². The molecule has 0 saturated heterocycles. The van der Waals surface area contributed by atoms with Crippen LogP contribution in [0.1, 0.15) is 40.5 Å². The summed E-state index contributed by atoms with van der Waals surface area (Å²) >= 11 is -0.383. The van der Waals surface area contributed by atoms with Gasteiger partial charge in [-0.15, -0.1) is 0 Å². The number of hydrogen-bond donors (Lipinski definition) is 0. The van der Waals surface area contributed by atoms with Crippen LogP contribution in [-0.2, 0) is 36.3 Å². The summed E-state index contributed by atoms with van der Waals surface area (Å²) in [6, 6.07) is 0. The summed E-state index contributed by atoms with van der Waals surface area (Å²) < 4.78 is 0. The second-order valence-corrected chi connectivity index (χ2v) is 7.20. The van der Waals surface area contributed by atoms with Crippen molar-refractivity contribution >= 4 is 23.1 Å². The summed E-state index contributed by atoms with van der Waals surface area (Å²) in [4.78, 5) is 45.7. The van der Waals surface area contributed by atoms with Gasteiger partial charge in [0.25, 0.3) is 0 Å². The Morgan fingerprint density at radius 3 is 1.32 bits per heavy atom. The van der Waals surface area contributed by atoms with Crippen molar-refractivity contribution < 1.29 is 36.3 Å². The Morgan fingerprint density at radius 2 is 1.05 bits per heavy atom. The van der Waals surface area contributed by atoms with E-state index in [-0.39, 0.29) is 64.9 Å². The molecule has 0 aromatic carbocycles. The number of Topliss-reactive ketones (excluding diaryl/α,β-unsaturated/α-hetero) is 4. The van der Waals surface area contributed by atoms with Crippen LogP contribution in [0.3, 0.4) is 0 Å². The second kappa shape index (κ2) is 9.25. The average molecular weight is 355 g/mol. The maximum absolute atomic E-state index is 11.5. The van der Waals surface area contributed by atoms with Gasteiger partial charge in [-0.05, 0) is 0 Å². The summed E-state index contributed by atoms with van der Waals surface area (Å²) in [5, 5.41) is 0.652. The SMILES string of the molecule is CC(C)C(=O)CC(=O)[CH2][Ru][CH2]C(=O)CC(=O)C(C)C. The predicted octanol–water partition coefficient (Wildman–Crippen LogP) is 2.27. The molecule has 0 fully saturated rings. The van der Waals surface area contributed by atoms with Gasteiger partial charge in [0, 0.05) is 0 Å². The molecular weight excluding hydrogens is 333 g/mol. The zero-order chi connectivity index (χ0) is 15.0. The van der Waals surface area contributed by atoms with E-state index in [4.69, 9.17) is 0 Å². The van der Waals surface area contributed by atoms with Gasteiger partial charge in [-0.25, -0.2) is 0 Å². The molecule has 0 spiro atoms. The topological polar surface area (TPSA) is 68.3 Å². The molecule has 0 rings (SSSR count). The Bertz CT molecular complexity index is 324. The van der Waals surface area contributed by atoms with Crippen molar-refractivity contribution in [2.75, 3.05) is 0 Å². The van der Waals surface area contributed by atoms with Crippen LogP contribution in [0.4, 0.5) is 0 Å². The van der Waals surface area contributed by atoms with Crippen molar-refractivity contribution in [1.29, 1.82) is 0 Å². The first kappa shape index (κ1) is 18.3. The Hall–Kier alpha value is -0.697. The van der Waals surface area contributed by atoms with E-state index in [2.05, 4.69) is 0 Å². The normalized spacial score (nSPS) is 11.1. The van der Waals surface area contributed by atoms with Gasteiger partial charge in [0.1, 0.15) is 0 Å². The molecule has 110 valence electrons. The van der Waals surface area contributed by atoms with Gasteiger partial charge in [0.05, 0.1) is 0 Å². The van der Waals surface area contributed by atoms with Gasteiger partial charge in [-0.2, -0.15) is 0 Å². The van der Waals surface area contributed by atoms with Gasteiger partial charge in [-0.1, -0.05) is 0 Å². The van der Waals surface area contributed by atoms with E-state index >= 15 is 0 Å². The third kappa shape index (κ3) is 8.93. The fraction of sp³-hybridized carbons (Fsp3) is 0.714. The minimum atomic E-state index is -0.383. The Balaban J connectivity index is 3.85. The van der Waals surface area contributed by atoms with Crippen molar-refractivity contribution in [3.8, 4) is 0 Å². The summed E-state index contributed by atoms with van der Waals surface area (Å²) in [6.45, 7) is 7.07. The van der Waals surface area contributed by atoms with Crippen LogP contribution in [0.15, 0.2) is 0 Å². The fourth-order valence-corrected chi connectivity index (χ4v) is 2.75. The van der Waals surface area contributed by atoms with E-state index in [0.717, 1.165) is 0 Å². The van der Waals surface area contributed by atoms with Crippen LogP contribution < -0.4 is 0 Å². The van der Waals surface area contributed by atoms with E-state index in [9.17, 15) is 19.2 Å². The molecule has 0 unspecified atom stereocenters. The van der Waals surface area contributed by atoms with E-state index in [1.54, 1.807) is 27.7 Å². The molecule has 0 aliphatic rings. The average Bonchev–Trinajstić information content (AvgIpc) is 2.28. The molecule has 0 aromatic heterocycles. The molecule has 0 atom stereocenters. The van der Waals surface area contributed by atoms with Crippen LogP contribution in [0.25, 0.3) is 0 Å². The monoisotopic (exact) mass is 356 g/mol. The Morgan fingerprint density at radius 1 is 0.737 bits per heavy atom. The van der Waals surface area contributed by atoms with Crippen molar-refractivity contribution in [2.45, 2.75) is 50.6 Å². The zero-order valence-corrected chi connectivity index (χ0v) is 13.7. The number of ketones is 4. The van der Waals surface area contributed by atoms with Crippen LogP contribution in [0.2, 0.25) is 10.0 Å². The third-order valence-corrected chi connectivity index (χ3v) is 4.73. The molecule has 0 aromatic rings. The molecule has 0 saturated carbocycles. The van der Waals surface area contributed by atoms with E-state index in [1.807, 2.05) is 0 Å². The van der Waals surface area contributed by atoms with Gasteiger partial charge in [0.2, 0.25) is 0 Å². The first-order chi connectivity index (χ1) is 8.73. The van der Waals surface area contributed by atoms with E-state index < -0.39 is 0 Å². The molecule has 0 heterocycles. The summed E-state index contributed by atoms with van der Waals surface area (Å²) in [6.07, 6.45) is -0.0447. The molecule has 0 radical (unpaired) electrons.